The molecule has 81 valence electrons. The van der Waals surface area contributed by atoms with Gasteiger partial charge in [0.25, 0.3) is 0 Å². The highest BCUT2D eigenvalue weighted by molar-refractivity contribution is 5.48. The SMILES string of the molecule is C=Cc1cccc(C(F)[CH]C(F)(F)F)c1. The summed E-state index contributed by atoms with van der Waals surface area (Å²) < 4.78 is 48.7. The fourth-order valence-corrected chi connectivity index (χ4v) is 1.12. The summed E-state index contributed by atoms with van der Waals surface area (Å²) in [6.45, 7) is 3.45. The molecule has 1 aromatic carbocycles. The van der Waals surface area contributed by atoms with E-state index < -0.39 is 12.3 Å². The first-order valence-electron chi connectivity index (χ1n) is 4.21. The first kappa shape index (κ1) is 11.8. The zero-order valence-corrected chi connectivity index (χ0v) is 7.76. The molecule has 0 aliphatic carbocycles. The number of alkyl halides is 4. The zero-order valence-electron chi connectivity index (χ0n) is 7.76. The van der Waals surface area contributed by atoms with Crippen molar-refractivity contribution < 1.29 is 17.6 Å². The van der Waals surface area contributed by atoms with Crippen LogP contribution in [0, 0.1) is 6.42 Å². The Kier molecular flexibility index (Phi) is 3.50. The van der Waals surface area contributed by atoms with Gasteiger partial charge in [0.15, 0.2) is 0 Å². The normalized spacial score (nSPS) is 13.6. The molecule has 1 unspecified atom stereocenters. The van der Waals surface area contributed by atoms with E-state index in [4.69, 9.17) is 0 Å². The Labute approximate surface area is 85.2 Å². The topological polar surface area (TPSA) is 0 Å². The number of rotatable bonds is 3. The maximum Gasteiger partial charge on any atom is 0.395 e. The van der Waals surface area contributed by atoms with Gasteiger partial charge in [-0.25, -0.2) is 4.39 Å². The Morgan fingerprint density at radius 1 is 1.27 bits per heavy atom. The lowest BCUT2D eigenvalue weighted by molar-refractivity contribution is -0.105. The first-order chi connectivity index (χ1) is 6.92. The lowest BCUT2D eigenvalue weighted by Crippen LogP contribution is -2.12. The lowest BCUT2D eigenvalue weighted by atomic mass is 10.0. The van der Waals surface area contributed by atoms with Crippen molar-refractivity contribution in [1.29, 1.82) is 0 Å². The van der Waals surface area contributed by atoms with Gasteiger partial charge < -0.3 is 0 Å². The molecule has 1 atom stereocenters. The van der Waals surface area contributed by atoms with E-state index in [9.17, 15) is 17.6 Å². The number of hydrogen-bond acceptors (Lipinski definition) is 0. The second-order valence-corrected chi connectivity index (χ2v) is 2.98. The molecule has 0 aliphatic rings. The molecule has 0 fully saturated rings. The third-order valence-corrected chi connectivity index (χ3v) is 1.80. The summed E-state index contributed by atoms with van der Waals surface area (Å²) in [5.74, 6) is 0. The maximum atomic E-state index is 13.1. The highest BCUT2D eigenvalue weighted by Gasteiger charge is 2.33. The van der Waals surface area contributed by atoms with Crippen molar-refractivity contribution >= 4 is 6.08 Å². The van der Waals surface area contributed by atoms with Crippen LogP contribution in [0.3, 0.4) is 0 Å². The van der Waals surface area contributed by atoms with Crippen molar-refractivity contribution in [2.75, 3.05) is 0 Å². The van der Waals surface area contributed by atoms with Crippen LogP contribution in [0.1, 0.15) is 17.3 Å². The monoisotopic (exact) mass is 217 g/mol. The molecular weight excluding hydrogens is 208 g/mol. The van der Waals surface area contributed by atoms with Gasteiger partial charge in [-0.1, -0.05) is 30.9 Å². The van der Waals surface area contributed by atoms with Gasteiger partial charge in [-0.2, -0.15) is 13.2 Å². The Morgan fingerprint density at radius 2 is 1.93 bits per heavy atom. The first-order valence-corrected chi connectivity index (χ1v) is 4.21. The minimum Gasteiger partial charge on any atom is -0.242 e. The predicted molar refractivity (Wildman–Crippen MR) is 50.7 cm³/mol. The molecule has 0 aromatic heterocycles. The van der Waals surface area contributed by atoms with E-state index >= 15 is 0 Å². The Balaban J connectivity index is 2.81. The van der Waals surface area contributed by atoms with Crippen LogP contribution in [-0.4, -0.2) is 6.18 Å². The van der Waals surface area contributed by atoms with Gasteiger partial charge >= 0.3 is 6.18 Å². The van der Waals surface area contributed by atoms with Crippen LogP contribution < -0.4 is 0 Å². The fraction of sp³-hybridized carbons (Fsp3) is 0.182. The van der Waals surface area contributed by atoms with E-state index in [1.54, 1.807) is 6.07 Å². The highest BCUT2D eigenvalue weighted by atomic mass is 19.4. The van der Waals surface area contributed by atoms with E-state index in [0.29, 0.717) is 5.56 Å². The molecule has 0 spiro atoms. The van der Waals surface area contributed by atoms with Crippen LogP contribution in [0.2, 0.25) is 0 Å². The smallest absolute Gasteiger partial charge is 0.242 e. The highest BCUT2D eigenvalue weighted by Crippen LogP contribution is 2.31. The summed E-state index contributed by atoms with van der Waals surface area (Å²) in [4.78, 5) is 0. The average molecular weight is 217 g/mol. The maximum absolute atomic E-state index is 13.1. The van der Waals surface area contributed by atoms with Crippen LogP contribution >= 0.6 is 0 Å². The van der Waals surface area contributed by atoms with Crippen molar-refractivity contribution in [1.82, 2.24) is 0 Å². The molecule has 15 heavy (non-hydrogen) atoms. The molecule has 0 N–H and O–H groups in total. The molecule has 0 heterocycles. The molecule has 0 nitrogen and oxygen atoms in total. The molecule has 0 aliphatic heterocycles. The standard InChI is InChI=1S/C11H9F4/c1-2-8-4-3-5-9(6-8)10(12)7-11(13,14)15/h2-7,10H,1H2. The predicted octanol–water partition coefficient (Wildman–Crippen LogP) is 4.11. The zero-order chi connectivity index (χ0) is 11.5. The number of benzene rings is 1. The van der Waals surface area contributed by atoms with Gasteiger partial charge in [-0.15, -0.1) is 0 Å². The van der Waals surface area contributed by atoms with Crippen LogP contribution in [0.15, 0.2) is 30.8 Å². The second kappa shape index (κ2) is 4.47. The van der Waals surface area contributed by atoms with E-state index in [1.165, 1.54) is 24.3 Å². The van der Waals surface area contributed by atoms with Crippen molar-refractivity contribution in [3.05, 3.63) is 48.4 Å². The Bertz CT molecular complexity index is 341. The molecule has 1 radical (unpaired) electrons. The number of halogens is 4. The molecule has 0 amide bonds. The second-order valence-electron chi connectivity index (χ2n) is 2.98. The minimum absolute atomic E-state index is 0.0234. The molecule has 1 rings (SSSR count). The molecule has 0 saturated carbocycles. The summed E-state index contributed by atoms with van der Waals surface area (Å²) in [5, 5.41) is 0. The van der Waals surface area contributed by atoms with Gasteiger partial charge in [0.1, 0.15) is 12.6 Å². The third-order valence-electron chi connectivity index (χ3n) is 1.80. The van der Waals surface area contributed by atoms with Crippen molar-refractivity contribution in [3.63, 3.8) is 0 Å². The quantitative estimate of drug-likeness (QED) is 0.668. The van der Waals surface area contributed by atoms with Crippen molar-refractivity contribution in [3.8, 4) is 0 Å². The minimum atomic E-state index is -4.61. The fourth-order valence-electron chi connectivity index (χ4n) is 1.12. The van der Waals surface area contributed by atoms with E-state index in [2.05, 4.69) is 6.58 Å². The summed E-state index contributed by atoms with van der Waals surface area (Å²) in [6, 6.07) is 5.76. The lowest BCUT2D eigenvalue weighted by Gasteiger charge is -2.11. The van der Waals surface area contributed by atoms with E-state index in [0.717, 1.165) is 0 Å². The summed E-state index contributed by atoms with van der Waals surface area (Å²) in [7, 11) is 0. The Hall–Kier alpha value is -1.32. The largest absolute Gasteiger partial charge is 0.395 e. The van der Waals surface area contributed by atoms with Crippen LogP contribution in [0.5, 0.6) is 0 Å². The van der Waals surface area contributed by atoms with E-state index in [1.807, 2.05) is 0 Å². The summed E-state index contributed by atoms with van der Waals surface area (Å²) in [6.07, 6.45) is -5.58. The number of hydrogen-bond donors (Lipinski definition) is 0. The molecular formula is C11H9F4. The van der Waals surface area contributed by atoms with Crippen molar-refractivity contribution in [2.45, 2.75) is 12.3 Å². The Morgan fingerprint density at radius 3 is 2.47 bits per heavy atom. The van der Waals surface area contributed by atoms with Crippen molar-refractivity contribution in [2.24, 2.45) is 0 Å². The van der Waals surface area contributed by atoms with Crippen LogP contribution in [-0.2, 0) is 0 Å². The molecule has 0 bridgehead atoms. The van der Waals surface area contributed by atoms with Crippen LogP contribution in [0.4, 0.5) is 17.6 Å². The van der Waals surface area contributed by atoms with Crippen LogP contribution in [0.25, 0.3) is 6.08 Å². The average Bonchev–Trinajstić information content (AvgIpc) is 2.15. The summed E-state index contributed by atoms with van der Waals surface area (Å²) >= 11 is 0. The van der Waals surface area contributed by atoms with E-state index in [-0.39, 0.29) is 12.0 Å². The summed E-state index contributed by atoms with van der Waals surface area (Å²) in [5.41, 5.74) is 0.565. The molecule has 0 saturated heterocycles. The third kappa shape index (κ3) is 3.73. The van der Waals surface area contributed by atoms with Gasteiger partial charge in [-0.05, 0) is 17.2 Å². The van der Waals surface area contributed by atoms with Gasteiger partial charge in [-0.3, -0.25) is 0 Å². The van der Waals surface area contributed by atoms with Gasteiger partial charge in [0, 0.05) is 0 Å². The molecule has 4 heteroatoms. The van der Waals surface area contributed by atoms with Gasteiger partial charge in [0.05, 0.1) is 0 Å². The van der Waals surface area contributed by atoms with Gasteiger partial charge in [0.2, 0.25) is 0 Å². The molecule has 1 aromatic rings.